The second-order valence-electron chi connectivity index (χ2n) is 3.89. The van der Waals surface area contributed by atoms with Crippen molar-refractivity contribution in [2.75, 3.05) is 7.11 Å². The molecule has 1 fully saturated rings. The molecule has 0 spiro atoms. The number of rotatable bonds is 3. The van der Waals surface area contributed by atoms with Crippen LogP contribution in [0.25, 0.3) is 0 Å². The predicted molar refractivity (Wildman–Crippen MR) is 48.4 cm³/mol. The highest BCUT2D eigenvalue weighted by Gasteiger charge is 2.34. The highest BCUT2D eigenvalue weighted by Crippen LogP contribution is 2.30. The second kappa shape index (κ2) is 4.07. The summed E-state index contributed by atoms with van der Waals surface area (Å²) in [6, 6.07) is 0. The molecule has 2 atom stereocenters. The fraction of sp³-hybridized carbons (Fsp3) is 0.889. The van der Waals surface area contributed by atoms with Gasteiger partial charge in [-0.2, -0.15) is 0 Å². The van der Waals surface area contributed by atoms with Crippen LogP contribution >= 0.6 is 0 Å². The summed E-state index contributed by atoms with van der Waals surface area (Å²) in [6.45, 7) is 0. The molecule has 0 aromatic heterocycles. The predicted octanol–water partition coefficient (Wildman–Crippen LogP) is 0.748. The average Bonchev–Trinajstić information content (AvgIpc) is 2.02. The number of methoxy groups -OCH3 is 1. The molecule has 0 saturated heterocycles. The third-order valence-corrected chi connectivity index (χ3v) is 2.67. The van der Waals surface area contributed by atoms with E-state index in [2.05, 4.69) is 0 Å². The van der Waals surface area contributed by atoms with Gasteiger partial charge in [-0.1, -0.05) is 0 Å². The van der Waals surface area contributed by atoms with Crippen molar-refractivity contribution in [1.82, 2.24) is 0 Å². The first-order valence-corrected chi connectivity index (χ1v) is 4.59. The van der Waals surface area contributed by atoms with Gasteiger partial charge in [-0.05, 0) is 25.7 Å². The van der Waals surface area contributed by atoms with Crippen molar-refractivity contribution in [2.24, 2.45) is 5.73 Å². The van der Waals surface area contributed by atoms with Crippen LogP contribution in [0.5, 0.6) is 0 Å². The van der Waals surface area contributed by atoms with Crippen molar-refractivity contribution in [3.8, 4) is 0 Å². The molecule has 2 unspecified atom stereocenters. The summed E-state index contributed by atoms with van der Waals surface area (Å²) in [5, 5.41) is 8.67. The summed E-state index contributed by atoms with van der Waals surface area (Å²) in [6.07, 6.45) is 3.59. The van der Waals surface area contributed by atoms with E-state index in [1.165, 1.54) is 0 Å². The summed E-state index contributed by atoms with van der Waals surface area (Å²) in [5.74, 6) is -0.820. The van der Waals surface area contributed by atoms with E-state index in [4.69, 9.17) is 15.6 Å². The minimum atomic E-state index is -0.820. The summed E-state index contributed by atoms with van der Waals surface area (Å²) in [4.78, 5) is 10.5. The van der Waals surface area contributed by atoms with Gasteiger partial charge in [-0.25, -0.2) is 0 Å². The molecule has 0 aromatic carbocycles. The van der Waals surface area contributed by atoms with Gasteiger partial charge in [0.05, 0.1) is 12.5 Å². The van der Waals surface area contributed by atoms with Gasteiger partial charge in [0.1, 0.15) is 0 Å². The third kappa shape index (κ3) is 2.97. The minimum absolute atomic E-state index is 0.0485. The summed E-state index contributed by atoms with van der Waals surface area (Å²) >= 11 is 0. The fourth-order valence-electron chi connectivity index (χ4n) is 2.00. The van der Waals surface area contributed by atoms with Gasteiger partial charge in [0, 0.05) is 12.6 Å². The zero-order chi connectivity index (χ0) is 9.90. The zero-order valence-electron chi connectivity index (χ0n) is 7.95. The van der Waals surface area contributed by atoms with E-state index in [9.17, 15) is 4.79 Å². The molecule has 3 N–H and O–H groups in total. The maximum Gasteiger partial charge on any atom is 0.305 e. The third-order valence-electron chi connectivity index (χ3n) is 2.67. The molecule has 0 amide bonds. The Labute approximate surface area is 78.1 Å². The number of ether oxygens (including phenoxy) is 1. The van der Waals surface area contributed by atoms with Crippen LogP contribution < -0.4 is 5.73 Å². The molecule has 76 valence electrons. The van der Waals surface area contributed by atoms with E-state index in [-0.39, 0.29) is 12.5 Å². The number of carboxylic acids is 1. The van der Waals surface area contributed by atoms with Gasteiger partial charge < -0.3 is 15.6 Å². The molecule has 0 aromatic rings. The van der Waals surface area contributed by atoms with Crippen LogP contribution in [-0.2, 0) is 9.53 Å². The van der Waals surface area contributed by atoms with Crippen molar-refractivity contribution in [2.45, 2.75) is 43.7 Å². The molecular formula is C9H17NO3. The Morgan fingerprint density at radius 3 is 3.00 bits per heavy atom. The van der Waals surface area contributed by atoms with Crippen LogP contribution in [0.3, 0.4) is 0 Å². The maximum absolute atomic E-state index is 10.5. The number of hydrogen-bond donors (Lipinski definition) is 2. The van der Waals surface area contributed by atoms with Crippen LogP contribution in [0.4, 0.5) is 0 Å². The molecule has 4 nitrogen and oxygen atoms in total. The molecule has 0 bridgehead atoms. The topological polar surface area (TPSA) is 72.5 Å². The Bertz CT molecular complexity index is 195. The number of carboxylic acid groups (broad SMARTS) is 1. The van der Waals surface area contributed by atoms with E-state index in [1.807, 2.05) is 0 Å². The smallest absolute Gasteiger partial charge is 0.305 e. The second-order valence-corrected chi connectivity index (χ2v) is 3.89. The first-order chi connectivity index (χ1) is 6.06. The molecule has 13 heavy (non-hydrogen) atoms. The van der Waals surface area contributed by atoms with Crippen LogP contribution in [0, 0.1) is 0 Å². The van der Waals surface area contributed by atoms with Crippen molar-refractivity contribution >= 4 is 5.97 Å². The van der Waals surface area contributed by atoms with Crippen molar-refractivity contribution in [3.05, 3.63) is 0 Å². The highest BCUT2D eigenvalue weighted by molar-refractivity contribution is 5.68. The fourth-order valence-corrected chi connectivity index (χ4v) is 2.00. The maximum atomic E-state index is 10.5. The Hall–Kier alpha value is -0.610. The lowest BCUT2D eigenvalue weighted by Gasteiger charge is -2.36. The molecule has 1 saturated carbocycles. The first kappa shape index (κ1) is 10.5. The quantitative estimate of drug-likeness (QED) is 0.683. The van der Waals surface area contributed by atoms with Gasteiger partial charge in [-0.15, -0.1) is 0 Å². The summed E-state index contributed by atoms with van der Waals surface area (Å²) < 4.78 is 5.20. The van der Waals surface area contributed by atoms with Crippen LogP contribution in [0.1, 0.15) is 32.1 Å². The molecule has 0 aliphatic heterocycles. The molecule has 0 radical (unpaired) electrons. The zero-order valence-corrected chi connectivity index (χ0v) is 7.95. The van der Waals surface area contributed by atoms with Gasteiger partial charge in [0.25, 0.3) is 0 Å². The lowest BCUT2D eigenvalue weighted by molar-refractivity contribution is -0.139. The Morgan fingerprint density at radius 1 is 1.77 bits per heavy atom. The molecule has 0 heterocycles. The summed E-state index contributed by atoms with van der Waals surface area (Å²) in [7, 11) is 1.65. The van der Waals surface area contributed by atoms with E-state index in [0.717, 1.165) is 19.3 Å². The normalized spacial score (nSPS) is 34.5. The van der Waals surface area contributed by atoms with Crippen LogP contribution in [-0.4, -0.2) is 29.8 Å². The van der Waals surface area contributed by atoms with Crippen molar-refractivity contribution < 1.29 is 14.6 Å². The Kier molecular flexibility index (Phi) is 3.27. The van der Waals surface area contributed by atoms with Gasteiger partial charge in [-0.3, -0.25) is 4.79 Å². The molecular weight excluding hydrogens is 170 g/mol. The number of hydrogen-bond acceptors (Lipinski definition) is 3. The highest BCUT2D eigenvalue weighted by atomic mass is 16.5. The standard InChI is InChI=1S/C9H17NO3/c1-13-7-3-2-4-9(10,5-7)6-8(11)12/h7H,2-6,10H2,1H3,(H,11,12). The Morgan fingerprint density at radius 2 is 2.46 bits per heavy atom. The SMILES string of the molecule is COC1CCCC(N)(CC(=O)O)C1. The van der Waals surface area contributed by atoms with E-state index in [0.29, 0.717) is 6.42 Å². The van der Waals surface area contributed by atoms with Gasteiger partial charge in [0.2, 0.25) is 0 Å². The molecule has 4 heteroatoms. The number of nitrogens with two attached hydrogens (primary N) is 1. The van der Waals surface area contributed by atoms with E-state index in [1.54, 1.807) is 7.11 Å². The largest absolute Gasteiger partial charge is 0.481 e. The number of aliphatic carboxylic acids is 1. The lowest BCUT2D eigenvalue weighted by atomic mass is 9.79. The lowest BCUT2D eigenvalue weighted by Crippen LogP contribution is -2.47. The Balaban J connectivity index is 2.51. The van der Waals surface area contributed by atoms with Gasteiger partial charge >= 0.3 is 5.97 Å². The van der Waals surface area contributed by atoms with Crippen molar-refractivity contribution in [3.63, 3.8) is 0 Å². The molecule has 1 aliphatic rings. The molecule has 1 aliphatic carbocycles. The first-order valence-electron chi connectivity index (χ1n) is 4.59. The van der Waals surface area contributed by atoms with Crippen LogP contribution in [0.2, 0.25) is 0 Å². The monoisotopic (exact) mass is 187 g/mol. The van der Waals surface area contributed by atoms with E-state index >= 15 is 0 Å². The summed E-state index contributed by atoms with van der Waals surface area (Å²) in [5.41, 5.74) is 5.41. The number of carbonyl (C=O) groups is 1. The van der Waals surface area contributed by atoms with E-state index < -0.39 is 11.5 Å². The van der Waals surface area contributed by atoms with Crippen molar-refractivity contribution in [1.29, 1.82) is 0 Å². The minimum Gasteiger partial charge on any atom is -0.481 e. The average molecular weight is 187 g/mol. The molecule has 1 rings (SSSR count). The van der Waals surface area contributed by atoms with Crippen LogP contribution in [0.15, 0.2) is 0 Å². The van der Waals surface area contributed by atoms with Gasteiger partial charge in [0.15, 0.2) is 0 Å².